The highest BCUT2D eigenvalue weighted by atomic mass is 16.5. The number of nitrogens with zero attached hydrogens (tertiary/aromatic N) is 3. The van der Waals surface area contributed by atoms with Crippen molar-refractivity contribution in [1.82, 2.24) is 20.8 Å². The molecule has 8 heteroatoms. The van der Waals surface area contributed by atoms with Crippen molar-refractivity contribution >= 4 is 16.8 Å². The Kier molecular flexibility index (Phi) is 7.08. The number of benzene rings is 2. The minimum Gasteiger partial charge on any atom is -0.494 e. The Hall–Kier alpha value is -4.32. The lowest BCUT2D eigenvalue weighted by atomic mass is 9.99. The van der Waals surface area contributed by atoms with Crippen LogP contribution in [0.5, 0.6) is 5.75 Å². The van der Waals surface area contributed by atoms with Gasteiger partial charge >= 0.3 is 0 Å². The highest BCUT2D eigenvalue weighted by Crippen LogP contribution is 2.36. The summed E-state index contributed by atoms with van der Waals surface area (Å²) in [4.78, 5) is 21.2. The summed E-state index contributed by atoms with van der Waals surface area (Å²) in [6.45, 7) is 1.39. The molecule has 0 fully saturated rings. The van der Waals surface area contributed by atoms with E-state index in [1.807, 2.05) is 24.3 Å². The molecule has 8 nitrogen and oxygen atoms in total. The fourth-order valence-electron chi connectivity index (χ4n) is 3.78. The number of nitriles is 1. The Morgan fingerprint density at radius 3 is 2.38 bits per heavy atom. The van der Waals surface area contributed by atoms with E-state index in [-0.39, 0.29) is 11.3 Å². The first-order valence-electron chi connectivity index (χ1n) is 10.7. The Bertz CT molecular complexity index is 1350. The second-order valence-corrected chi connectivity index (χ2v) is 7.56. The topological polar surface area (TPSA) is 120 Å². The largest absolute Gasteiger partial charge is 0.494 e. The van der Waals surface area contributed by atoms with Gasteiger partial charge in [-0.1, -0.05) is 48.5 Å². The van der Waals surface area contributed by atoms with E-state index in [9.17, 15) is 10.0 Å². The molecular weight excluding hydrogens is 430 g/mol. The van der Waals surface area contributed by atoms with Crippen LogP contribution in [0.1, 0.15) is 22.3 Å². The Labute approximate surface area is 196 Å². The van der Waals surface area contributed by atoms with Crippen molar-refractivity contribution in [3.05, 3.63) is 78.1 Å². The maximum atomic E-state index is 12.4. The molecule has 0 radical (unpaired) electrons. The normalized spacial score (nSPS) is 10.6. The number of rotatable bonds is 8. The van der Waals surface area contributed by atoms with Crippen molar-refractivity contribution in [2.24, 2.45) is 0 Å². The summed E-state index contributed by atoms with van der Waals surface area (Å²) in [5.41, 5.74) is 6.92. The average molecular weight is 454 g/mol. The molecule has 0 saturated carbocycles. The van der Waals surface area contributed by atoms with Gasteiger partial charge in [-0.15, -0.1) is 0 Å². The quantitative estimate of drug-likeness (QED) is 0.209. The second kappa shape index (κ2) is 10.5. The third-order valence-corrected chi connectivity index (χ3v) is 5.46. The van der Waals surface area contributed by atoms with E-state index in [0.29, 0.717) is 36.1 Å². The highest BCUT2D eigenvalue weighted by Gasteiger charge is 2.22. The van der Waals surface area contributed by atoms with Crippen LogP contribution < -0.4 is 15.5 Å². The first-order chi connectivity index (χ1) is 16.7. The molecule has 170 valence electrons. The smallest absolute Gasteiger partial charge is 0.279 e. The molecule has 0 aliphatic heterocycles. The van der Waals surface area contributed by atoms with Crippen molar-refractivity contribution in [1.29, 1.82) is 5.26 Å². The van der Waals surface area contributed by atoms with Gasteiger partial charge in [-0.3, -0.25) is 15.0 Å². The summed E-state index contributed by atoms with van der Waals surface area (Å²) in [7, 11) is 1.46. The van der Waals surface area contributed by atoms with Gasteiger partial charge in [-0.05, 0) is 22.8 Å². The van der Waals surface area contributed by atoms with Crippen LogP contribution in [0.3, 0.4) is 0 Å². The number of fused-ring (bicyclic) bond motifs is 1. The third-order valence-electron chi connectivity index (χ3n) is 5.46. The molecular formula is C26H23N5O3. The van der Waals surface area contributed by atoms with Crippen molar-refractivity contribution in [3.8, 4) is 34.2 Å². The molecule has 0 spiro atoms. The van der Waals surface area contributed by atoms with Gasteiger partial charge in [0.2, 0.25) is 0 Å². The lowest BCUT2D eigenvalue weighted by Gasteiger charge is -2.15. The SMILES string of the molecule is COc1c(-c2ccc(-c3ccc(CNCCC#N)cc3)cc2)nc2ccncc2c1C(=O)NO. The number of pyridine rings is 2. The molecule has 1 amide bonds. The van der Waals surface area contributed by atoms with Gasteiger partial charge in [0.15, 0.2) is 5.75 Å². The van der Waals surface area contributed by atoms with Crippen LogP contribution in [-0.4, -0.2) is 34.7 Å². The number of aromatic nitrogens is 2. The van der Waals surface area contributed by atoms with Gasteiger partial charge in [-0.2, -0.15) is 5.26 Å². The molecule has 0 unspecified atom stereocenters. The Morgan fingerprint density at radius 1 is 1.06 bits per heavy atom. The number of amides is 1. The summed E-state index contributed by atoms with van der Waals surface area (Å²) in [6.07, 6.45) is 3.60. The van der Waals surface area contributed by atoms with Crippen LogP contribution in [-0.2, 0) is 6.54 Å². The van der Waals surface area contributed by atoms with Crippen LogP contribution in [0.25, 0.3) is 33.3 Å². The number of hydrogen-bond acceptors (Lipinski definition) is 7. The van der Waals surface area contributed by atoms with E-state index in [0.717, 1.165) is 22.3 Å². The molecule has 0 aliphatic rings. The summed E-state index contributed by atoms with van der Waals surface area (Å²) >= 11 is 0. The summed E-state index contributed by atoms with van der Waals surface area (Å²) in [5, 5.41) is 21.6. The van der Waals surface area contributed by atoms with Gasteiger partial charge in [0, 0.05) is 42.9 Å². The zero-order valence-electron chi connectivity index (χ0n) is 18.6. The standard InChI is InChI=1S/C26H23N5O3/c1-34-25-23(26(32)31-33)21-16-29-14-11-22(21)30-24(25)20-9-7-19(8-10-20)18-5-3-17(4-6-18)15-28-13-2-12-27/h3-11,14,16,28,33H,2,13,15H2,1H3,(H,31,32). The van der Waals surface area contributed by atoms with Crippen LogP contribution in [0.2, 0.25) is 0 Å². The minimum absolute atomic E-state index is 0.168. The number of nitrogens with one attached hydrogen (secondary N) is 2. The summed E-state index contributed by atoms with van der Waals surface area (Å²) < 4.78 is 5.55. The van der Waals surface area contributed by atoms with Gasteiger partial charge < -0.3 is 10.1 Å². The van der Waals surface area contributed by atoms with E-state index in [2.05, 4.69) is 40.6 Å². The van der Waals surface area contributed by atoms with Crippen molar-refractivity contribution < 1.29 is 14.7 Å². The zero-order valence-corrected chi connectivity index (χ0v) is 18.6. The molecule has 0 saturated heterocycles. The first kappa shape index (κ1) is 22.9. The van der Waals surface area contributed by atoms with Crippen LogP contribution >= 0.6 is 0 Å². The molecule has 0 atom stereocenters. The maximum Gasteiger partial charge on any atom is 0.279 e. The molecule has 4 aromatic rings. The van der Waals surface area contributed by atoms with Crippen molar-refractivity contribution in [2.45, 2.75) is 13.0 Å². The van der Waals surface area contributed by atoms with Crippen LogP contribution in [0.4, 0.5) is 0 Å². The van der Waals surface area contributed by atoms with Crippen molar-refractivity contribution in [2.75, 3.05) is 13.7 Å². The third kappa shape index (κ3) is 4.71. The predicted molar refractivity (Wildman–Crippen MR) is 128 cm³/mol. The van der Waals surface area contributed by atoms with Crippen LogP contribution in [0, 0.1) is 11.3 Å². The number of hydroxylamine groups is 1. The van der Waals surface area contributed by atoms with E-state index in [1.165, 1.54) is 13.3 Å². The van der Waals surface area contributed by atoms with Crippen LogP contribution in [0.15, 0.2) is 67.0 Å². The first-order valence-corrected chi connectivity index (χ1v) is 10.7. The second-order valence-electron chi connectivity index (χ2n) is 7.56. The average Bonchev–Trinajstić information content (AvgIpc) is 2.90. The number of ether oxygens (including phenoxy) is 1. The zero-order chi connectivity index (χ0) is 23.9. The Balaban J connectivity index is 1.65. The Morgan fingerprint density at radius 2 is 1.74 bits per heavy atom. The van der Waals surface area contributed by atoms with Crippen molar-refractivity contribution in [3.63, 3.8) is 0 Å². The number of carbonyl (C=O) groups excluding carboxylic acids is 1. The fourth-order valence-corrected chi connectivity index (χ4v) is 3.78. The number of hydrogen-bond donors (Lipinski definition) is 3. The molecule has 2 aromatic heterocycles. The lowest BCUT2D eigenvalue weighted by molar-refractivity contribution is 0.0705. The van der Waals surface area contributed by atoms with E-state index in [1.54, 1.807) is 17.7 Å². The lowest BCUT2D eigenvalue weighted by Crippen LogP contribution is -2.20. The minimum atomic E-state index is -0.697. The number of carbonyl (C=O) groups is 1. The monoisotopic (exact) mass is 453 g/mol. The number of methoxy groups -OCH3 is 1. The van der Waals surface area contributed by atoms with E-state index in [4.69, 9.17) is 15.0 Å². The molecule has 0 aliphatic carbocycles. The highest BCUT2D eigenvalue weighted by molar-refractivity contribution is 6.09. The van der Waals surface area contributed by atoms with Gasteiger partial charge in [-0.25, -0.2) is 10.5 Å². The fraction of sp³-hybridized carbons (Fsp3) is 0.154. The maximum absolute atomic E-state index is 12.4. The van der Waals surface area contributed by atoms with Gasteiger partial charge in [0.1, 0.15) is 5.69 Å². The predicted octanol–water partition coefficient (Wildman–Crippen LogP) is 4.09. The molecule has 2 aromatic carbocycles. The molecule has 3 N–H and O–H groups in total. The summed E-state index contributed by atoms with van der Waals surface area (Å²) in [5.74, 6) is -0.439. The summed E-state index contributed by atoms with van der Waals surface area (Å²) in [6, 6.07) is 19.9. The molecule has 34 heavy (non-hydrogen) atoms. The van der Waals surface area contributed by atoms with E-state index < -0.39 is 5.91 Å². The molecule has 0 bridgehead atoms. The molecule has 2 heterocycles. The van der Waals surface area contributed by atoms with E-state index >= 15 is 0 Å². The van der Waals surface area contributed by atoms with Gasteiger partial charge in [0.25, 0.3) is 5.91 Å². The molecule has 4 rings (SSSR count). The van der Waals surface area contributed by atoms with Gasteiger partial charge in [0.05, 0.1) is 24.3 Å².